The first kappa shape index (κ1) is 17.8. The Balaban J connectivity index is 1.72. The maximum absolute atomic E-state index is 12.4. The molecule has 1 fully saturated rings. The molecule has 0 N–H and O–H groups in total. The molecule has 0 spiro atoms. The Morgan fingerprint density at radius 1 is 1.00 bits per heavy atom. The Morgan fingerprint density at radius 2 is 1.76 bits per heavy atom. The van der Waals surface area contributed by atoms with E-state index in [-0.39, 0.29) is 17.7 Å². The van der Waals surface area contributed by atoms with Crippen molar-refractivity contribution in [1.29, 1.82) is 0 Å². The van der Waals surface area contributed by atoms with Crippen LogP contribution in [0, 0.1) is 0 Å². The van der Waals surface area contributed by atoms with Gasteiger partial charge in [-0.2, -0.15) is 0 Å². The summed E-state index contributed by atoms with van der Waals surface area (Å²) in [5, 5.41) is 0.536. The number of hydrogen-bond donors (Lipinski definition) is 0. The zero-order valence-corrected chi connectivity index (χ0v) is 15.3. The summed E-state index contributed by atoms with van der Waals surface area (Å²) in [6, 6.07) is 14.8. The molecule has 0 saturated carbocycles. The van der Waals surface area contributed by atoms with Gasteiger partial charge in [0.1, 0.15) is 0 Å². The minimum Gasteiger partial charge on any atom is -0.268 e. The fraction of sp³-hybridized carbons (Fsp3) is 0.0526. The normalized spacial score (nSPS) is 16.4. The van der Waals surface area contributed by atoms with Crippen LogP contribution in [-0.2, 0) is 11.3 Å². The number of allylic oxidation sites excluding steroid dienone is 2. The van der Waals surface area contributed by atoms with E-state index in [1.165, 1.54) is 4.90 Å². The van der Waals surface area contributed by atoms with E-state index >= 15 is 0 Å². The zero-order chi connectivity index (χ0) is 17.8. The van der Waals surface area contributed by atoms with E-state index in [9.17, 15) is 9.59 Å². The predicted octanol–water partition coefficient (Wildman–Crippen LogP) is 5.79. The average molecular weight is 390 g/mol. The minimum absolute atomic E-state index is 0.168. The zero-order valence-electron chi connectivity index (χ0n) is 13.0. The highest BCUT2D eigenvalue weighted by Gasteiger charge is 2.34. The van der Waals surface area contributed by atoms with Crippen LogP contribution >= 0.6 is 35.0 Å². The maximum Gasteiger partial charge on any atom is 0.293 e. The molecule has 2 aromatic rings. The summed E-state index contributed by atoms with van der Waals surface area (Å²) in [5.41, 5.74) is 1.77. The van der Waals surface area contributed by atoms with Gasteiger partial charge in [0, 0.05) is 0 Å². The molecular formula is C19H13Cl2NO2S. The molecule has 0 aromatic heterocycles. The lowest BCUT2D eigenvalue weighted by Crippen LogP contribution is -2.27. The van der Waals surface area contributed by atoms with Gasteiger partial charge in [0.25, 0.3) is 11.1 Å². The molecule has 0 radical (unpaired) electrons. The van der Waals surface area contributed by atoms with Crippen LogP contribution in [0.3, 0.4) is 0 Å². The first-order valence-electron chi connectivity index (χ1n) is 7.45. The third-order valence-corrected chi connectivity index (χ3v) is 5.20. The molecule has 1 heterocycles. The van der Waals surface area contributed by atoms with Gasteiger partial charge in [0.2, 0.25) is 0 Å². The van der Waals surface area contributed by atoms with Gasteiger partial charge in [0.05, 0.1) is 21.5 Å². The number of imide groups is 1. The first-order chi connectivity index (χ1) is 12.0. The first-order valence-corrected chi connectivity index (χ1v) is 9.03. The van der Waals surface area contributed by atoms with Crippen LogP contribution in [0.2, 0.25) is 10.0 Å². The molecule has 1 aliphatic heterocycles. The molecule has 0 aliphatic carbocycles. The Hall–Kier alpha value is -2.01. The lowest BCUT2D eigenvalue weighted by molar-refractivity contribution is -0.123. The number of thioether (sulfide) groups is 1. The minimum atomic E-state index is -0.307. The standard InChI is InChI=1S/C19H13Cl2NO2S/c20-15-10-9-14(11-16(15)21)12-22-18(23)17(25-19(22)24)8-4-7-13-5-2-1-3-6-13/h1-11H,12H2/b7-4+,17-8+. The number of carbonyl (C=O) groups is 2. The second kappa shape index (κ2) is 7.91. The maximum atomic E-state index is 12.4. The van der Waals surface area contributed by atoms with Crippen LogP contribution in [0.15, 0.2) is 65.6 Å². The molecule has 0 atom stereocenters. The molecule has 126 valence electrons. The summed E-state index contributed by atoms with van der Waals surface area (Å²) in [4.78, 5) is 26.2. The fourth-order valence-electron chi connectivity index (χ4n) is 2.28. The highest BCUT2D eigenvalue weighted by Crippen LogP contribution is 2.32. The summed E-state index contributed by atoms with van der Waals surface area (Å²) >= 11 is 12.8. The number of amides is 2. The van der Waals surface area contributed by atoms with Crippen molar-refractivity contribution in [2.45, 2.75) is 6.54 Å². The average Bonchev–Trinajstić information content (AvgIpc) is 2.87. The van der Waals surface area contributed by atoms with Gasteiger partial charge in [-0.25, -0.2) is 0 Å². The van der Waals surface area contributed by atoms with Crippen molar-refractivity contribution in [2.24, 2.45) is 0 Å². The molecule has 0 bridgehead atoms. The lowest BCUT2D eigenvalue weighted by Gasteiger charge is -2.12. The van der Waals surface area contributed by atoms with Crippen LogP contribution in [0.4, 0.5) is 4.79 Å². The number of rotatable bonds is 4. The summed E-state index contributed by atoms with van der Waals surface area (Å²) in [5.74, 6) is -0.307. The third kappa shape index (κ3) is 4.34. The van der Waals surface area contributed by atoms with Crippen LogP contribution in [0.5, 0.6) is 0 Å². The summed E-state index contributed by atoms with van der Waals surface area (Å²) in [6.45, 7) is 0.168. The smallest absolute Gasteiger partial charge is 0.268 e. The van der Waals surface area contributed by atoms with E-state index in [1.54, 1.807) is 30.4 Å². The molecule has 1 saturated heterocycles. The molecule has 6 heteroatoms. The van der Waals surface area contributed by atoms with Crippen molar-refractivity contribution in [2.75, 3.05) is 0 Å². The number of nitrogens with zero attached hydrogens (tertiary/aromatic N) is 1. The van der Waals surface area contributed by atoms with Crippen LogP contribution in [0.1, 0.15) is 11.1 Å². The summed E-state index contributed by atoms with van der Waals surface area (Å²) in [6.07, 6.45) is 5.31. The van der Waals surface area contributed by atoms with E-state index in [0.717, 1.165) is 22.9 Å². The van der Waals surface area contributed by atoms with Crippen molar-refractivity contribution in [1.82, 2.24) is 4.90 Å². The Kier molecular flexibility index (Phi) is 5.63. The van der Waals surface area contributed by atoms with Gasteiger partial charge in [-0.05, 0) is 41.1 Å². The lowest BCUT2D eigenvalue weighted by atomic mass is 10.2. The molecule has 2 aromatic carbocycles. The second-order valence-corrected chi connectivity index (χ2v) is 7.12. The molecular weight excluding hydrogens is 377 g/mol. The number of hydrogen-bond acceptors (Lipinski definition) is 3. The molecule has 2 amide bonds. The van der Waals surface area contributed by atoms with E-state index in [2.05, 4.69) is 0 Å². The van der Waals surface area contributed by atoms with Gasteiger partial charge in [0.15, 0.2) is 0 Å². The van der Waals surface area contributed by atoms with Gasteiger partial charge in [-0.3, -0.25) is 14.5 Å². The van der Waals surface area contributed by atoms with Crippen LogP contribution < -0.4 is 0 Å². The van der Waals surface area contributed by atoms with Crippen molar-refractivity contribution in [3.63, 3.8) is 0 Å². The Bertz CT molecular complexity index is 878. The second-order valence-electron chi connectivity index (χ2n) is 5.31. The number of carbonyl (C=O) groups excluding carboxylic acids is 2. The molecule has 3 nitrogen and oxygen atoms in total. The van der Waals surface area contributed by atoms with Crippen molar-refractivity contribution in [3.05, 3.63) is 86.8 Å². The SMILES string of the molecule is O=C1S/C(=C/C=C/c2ccccc2)C(=O)N1Cc1ccc(Cl)c(Cl)c1. The van der Waals surface area contributed by atoms with Gasteiger partial charge in [-0.15, -0.1) is 0 Å². The van der Waals surface area contributed by atoms with Gasteiger partial charge < -0.3 is 0 Å². The van der Waals surface area contributed by atoms with Crippen molar-refractivity contribution < 1.29 is 9.59 Å². The third-order valence-electron chi connectivity index (χ3n) is 3.53. The topological polar surface area (TPSA) is 37.4 Å². The number of halogens is 2. The van der Waals surface area contributed by atoms with Gasteiger partial charge in [-0.1, -0.05) is 71.8 Å². The number of benzene rings is 2. The molecule has 1 aliphatic rings. The quantitative estimate of drug-likeness (QED) is 0.621. The fourth-order valence-corrected chi connectivity index (χ4v) is 3.39. The highest BCUT2D eigenvalue weighted by atomic mass is 35.5. The Morgan fingerprint density at radius 3 is 2.48 bits per heavy atom. The molecule has 3 rings (SSSR count). The predicted molar refractivity (Wildman–Crippen MR) is 104 cm³/mol. The van der Waals surface area contributed by atoms with Gasteiger partial charge >= 0.3 is 0 Å². The van der Waals surface area contributed by atoms with E-state index < -0.39 is 0 Å². The van der Waals surface area contributed by atoms with E-state index in [1.807, 2.05) is 36.4 Å². The van der Waals surface area contributed by atoms with Crippen LogP contribution in [0.25, 0.3) is 6.08 Å². The largest absolute Gasteiger partial charge is 0.293 e. The van der Waals surface area contributed by atoms with E-state index in [0.29, 0.717) is 15.0 Å². The van der Waals surface area contributed by atoms with E-state index in [4.69, 9.17) is 23.2 Å². The highest BCUT2D eigenvalue weighted by molar-refractivity contribution is 8.18. The van der Waals surface area contributed by atoms with Crippen LogP contribution in [-0.4, -0.2) is 16.0 Å². The van der Waals surface area contributed by atoms with Crippen molar-refractivity contribution >= 4 is 52.2 Å². The summed E-state index contributed by atoms with van der Waals surface area (Å²) < 4.78 is 0. The van der Waals surface area contributed by atoms with Crippen molar-refractivity contribution in [3.8, 4) is 0 Å². The summed E-state index contributed by atoms with van der Waals surface area (Å²) in [7, 11) is 0. The molecule has 0 unspecified atom stereocenters. The Labute approximate surface area is 159 Å². The molecule has 25 heavy (non-hydrogen) atoms. The monoisotopic (exact) mass is 389 g/mol.